The third-order valence-corrected chi connectivity index (χ3v) is 3.69. The number of carbonyl (C=O) groups excluding carboxylic acids is 2. The highest BCUT2D eigenvalue weighted by atomic mass is 79.9. The monoisotopic (exact) mass is 353 g/mol. The van der Waals surface area contributed by atoms with Gasteiger partial charge in [-0.2, -0.15) is 0 Å². The van der Waals surface area contributed by atoms with E-state index in [0.29, 0.717) is 6.42 Å². The minimum atomic E-state index is -0.694. The molecular weight excluding hydrogens is 338 g/mol. The number of methoxy groups -OCH3 is 1. The number of carbonyl (C=O) groups is 2. The molecule has 1 aromatic carbocycles. The lowest BCUT2D eigenvalue weighted by Crippen LogP contribution is -2.46. The number of fused-ring (bicyclic) bond motifs is 1. The number of rotatable bonds is 4. The number of aromatic amines is 1. The van der Waals surface area contributed by atoms with Gasteiger partial charge in [-0.3, -0.25) is 4.79 Å². The molecule has 0 aliphatic carbocycles. The van der Waals surface area contributed by atoms with E-state index in [4.69, 9.17) is 0 Å². The van der Waals surface area contributed by atoms with Crippen LogP contribution in [-0.4, -0.2) is 37.2 Å². The second-order valence-corrected chi connectivity index (χ2v) is 5.43. The van der Waals surface area contributed by atoms with Crippen LogP contribution in [0.25, 0.3) is 10.9 Å². The van der Waals surface area contributed by atoms with Crippen molar-refractivity contribution in [2.75, 3.05) is 14.2 Å². The van der Waals surface area contributed by atoms with Crippen LogP contribution in [0.3, 0.4) is 0 Å². The van der Waals surface area contributed by atoms with E-state index < -0.39 is 12.1 Å². The van der Waals surface area contributed by atoms with Gasteiger partial charge in [-0.25, -0.2) is 4.79 Å². The third-order valence-electron chi connectivity index (χ3n) is 3.19. The summed E-state index contributed by atoms with van der Waals surface area (Å²) in [6, 6.07) is 5.16. The molecule has 2 rings (SSSR count). The number of nitrogens with one attached hydrogen (secondary N) is 3. The lowest BCUT2D eigenvalue weighted by Gasteiger charge is -2.16. The molecule has 1 aromatic heterocycles. The summed E-state index contributed by atoms with van der Waals surface area (Å²) in [5.41, 5.74) is 1.92. The molecule has 0 radical (unpaired) electrons. The van der Waals surface area contributed by atoms with E-state index in [1.54, 1.807) is 0 Å². The summed E-state index contributed by atoms with van der Waals surface area (Å²) in [4.78, 5) is 26.4. The second kappa shape index (κ2) is 6.62. The molecule has 1 atom stereocenters. The number of H-pyrrole nitrogens is 1. The number of likely N-dealkylation sites (N-methyl/N-ethyl adjacent to an activating group) is 1. The molecule has 1 heterocycles. The Kier molecular flexibility index (Phi) is 4.85. The molecule has 112 valence electrons. The molecule has 3 N–H and O–H groups in total. The average molecular weight is 354 g/mol. The topological polar surface area (TPSA) is 83.2 Å². The van der Waals surface area contributed by atoms with Gasteiger partial charge in [0, 0.05) is 35.0 Å². The molecule has 0 saturated carbocycles. The first-order valence-corrected chi connectivity index (χ1v) is 7.16. The maximum absolute atomic E-state index is 11.9. The number of alkyl carbamates (subject to hydrolysis) is 1. The minimum absolute atomic E-state index is 0.273. The van der Waals surface area contributed by atoms with Crippen molar-refractivity contribution >= 4 is 38.8 Å². The molecule has 0 fully saturated rings. The van der Waals surface area contributed by atoms with Gasteiger partial charge in [0.15, 0.2) is 0 Å². The highest BCUT2D eigenvalue weighted by Gasteiger charge is 2.21. The Labute approximate surface area is 130 Å². The molecule has 0 aliphatic heterocycles. The summed E-state index contributed by atoms with van der Waals surface area (Å²) in [5.74, 6) is -0.273. The van der Waals surface area contributed by atoms with Crippen LogP contribution < -0.4 is 10.6 Å². The maximum Gasteiger partial charge on any atom is 0.407 e. The number of benzene rings is 1. The van der Waals surface area contributed by atoms with Crippen LogP contribution in [0, 0.1) is 0 Å². The van der Waals surface area contributed by atoms with Crippen molar-refractivity contribution in [1.82, 2.24) is 15.6 Å². The normalized spacial score (nSPS) is 12.0. The van der Waals surface area contributed by atoms with Crippen LogP contribution in [-0.2, 0) is 16.0 Å². The number of amides is 2. The lowest BCUT2D eigenvalue weighted by atomic mass is 10.0. The van der Waals surface area contributed by atoms with Crippen molar-refractivity contribution in [3.8, 4) is 0 Å². The molecule has 2 aromatic rings. The van der Waals surface area contributed by atoms with E-state index in [2.05, 4.69) is 36.3 Å². The molecule has 2 amide bonds. The van der Waals surface area contributed by atoms with Gasteiger partial charge in [0.05, 0.1) is 7.11 Å². The zero-order valence-corrected chi connectivity index (χ0v) is 13.3. The predicted octanol–water partition coefficient (Wildman–Crippen LogP) is 1.94. The molecule has 0 aliphatic rings. The van der Waals surface area contributed by atoms with Gasteiger partial charge >= 0.3 is 6.09 Å². The zero-order valence-electron chi connectivity index (χ0n) is 11.7. The summed E-state index contributed by atoms with van der Waals surface area (Å²) in [6.45, 7) is 0. The summed E-state index contributed by atoms with van der Waals surface area (Å²) in [7, 11) is 2.79. The Morgan fingerprint density at radius 3 is 2.86 bits per heavy atom. The fourth-order valence-electron chi connectivity index (χ4n) is 2.12. The van der Waals surface area contributed by atoms with E-state index in [1.807, 2.05) is 24.4 Å². The highest BCUT2D eigenvalue weighted by Crippen LogP contribution is 2.23. The maximum atomic E-state index is 11.9. The molecule has 0 saturated heterocycles. The number of halogens is 1. The Bertz CT molecular complexity index is 669. The van der Waals surface area contributed by atoms with Crippen molar-refractivity contribution in [2.24, 2.45) is 0 Å². The van der Waals surface area contributed by atoms with Crippen molar-refractivity contribution in [1.29, 1.82) is 0 Å². The Hall–Kier alpha value is -2.02. The summed E-state index contributed by atoms with van der Waals surface area (Å²) in [6.07, 6.45) is 1.57. The second-order valence-electron chi connectivity index (χ2n) is 4.51. The van der Waals surface area contributed by atoms with Crippen LogP contribution in [0.5, 0.6) is 0 Å². The van der Waals surface area contributed by atoms with E-state index in [0.717, 1.165) is 20.9 Å². The first-order chi connectivity index (χ1) is 10.0. The minimum Gasteiger partial charge on any atom is -0.453 e. The molecule has 0 bridgehead atoms. The first kappa shape index (κ1) is 15.4. The van der Waals surface area contributed by atoms with Crippen LogP contribution in [0.2, 0.25) is 0 Å². The van der Waals surface area contributed by atoms with E-state index >= 15 is 0 Å². The van der Waals surface area contributed by atoms with Gasteiger partial charge in [0.2, 0.25) is 5.91 Å². The van der Waals surface area contributed by atoms with Crippen molar-refractivity contribution in [3.05, 3.63) is 34.4 Å². The first-order valence-electron chi connectivity index (χ1n) is 6.36. The Morgan fingerprint density at radius 1 is 1.43 bits per heavy atom. The van der Waals surface area contributed by atoms with Crippen molar-refractivity contribution in [3.63, 3.8) is 0 Å². The number of hydrogen-bond acceptors (Lipinski definition) is 3. The lowest BCUT2D eigenvalue weighted by molar-refractivity contribution is -0.122. The van der Waals surface area contributed by atoms with E-state index in [1.165, 1.54) is 14.2 Å². The van der Waals surface area contributed by atoms with Crippen LogP contribution in [0.1, 0.15) is 5.56 Å². The molecule has 0 spiro atoms. The van der Waals surface area contributed by atoms with Gasteiger partial charge in [-0.05, 0) is 23.8 Å². The third kappa shape index (κ3) is 3.55. The van der Waals surface area contributed by atoms with Crippen LogP contribution in [0.4, 0.5) is 4.79 Å². The smallest absolute Gasteiger partial charge is 0.407 e. The van der Waals surface area contributed by atoms with Crippen molar-refractivity contribution in [2.45, 2.75) is 12.5 Å². The average Bonchev–Trinajstić information content (AvgIpc) is 2.87. The SMILES string of the molecule is CNC(=O)C(Cc1c[nH]c2ccc(Br)cc12)NC(=O)OC. The Morgan fingerprint density at radius 2 is 2.19 bits per heavy atom. The summed E-state index contributed by atoms with van der Waals surface area (Å²) >= 11 is 3.43. The van der Waals surface area contributed by atoms with Crippen LogP contribution >= 0.6 is 15.9 Å². The van der Waals surface area contributed by atoms with Gasteiger partial charge < -0.3 is 20.4 Å². The largest absolute Gasteiger partial charge is 0.453 e. The Balaban J connectivity index is 2.27. The number of hydrogen-bond donors (Lipinski definition) is 3. The predicted molar refractivity (Wildman–Crippen MR) is 83.1 cm³/mol. The highest BCUT2D eigenvalue weighted by molar-refractivity contribution is 9.10. The fraction of sp³-hybridized carbons (Fsp3) is 0.286. The molecule has 7 heteroatoms. The van der Waals surface area contributed by atoms with E-state index in [-0.39, 0.29) is 5.91 Å². The molecule has 1 unspecified atom stereocenters. The molecular formula is C14H16BrN3O3. The molecule has 21 heavy (non-hydrogen) atoms. The van der Waals surface area contributed by atoms with E-state index in [9.17, 15) is 9.59 Å². The quantitative estimate of drug-likeness (QED) is 0.785. The summed E-state index contributed by atoms with van der Waals surface area (Å²) < 4.78 is 5.51. The van der Waals surface area contributed by atoms with Gasteiger partial charge in [-0.15, -0.1) is 0 Å². The standard InChI is InChI=1S/C14H16BrN3O3/c1-16-13(19)12(18-14(20)21-2)5-8-7-17-11-4-3-9(15)6-10(8)11/h3-4,6-7,12,17H,5H2,1-2H3,(H,16,19)(H,18,20). The van der Waals surface area contributed by atoms with Crippen LogP contribution in [0.15, 0.2) is 28.9 Å². The molecule has 6 nitrogen and oxygen atoms in total. The van der Waals surface area contributed by atoms with Gasteiger partial charge in [0.1, 0.15) is 6.04 Å². The number of aromatic nitrogens is 1. The fourth-order valence-corrected chi connectivity index (χ4v) is 2.49. The zero-order chi connectivity index (χ0) is 15.4. The van der Waals surface area contributed by atoms with Gasteiger partial charge in [-0.1, -0.05) is 15.9 Å². The number of ether oxygens (including phenoxy) is 1. The van der Waals surface area contributed by atoms with Gasteiger partial charge in [0.25, 0.3) is 0 Å². The van der Waals surface area contributed by atoms with Crippen molar-refractivity contribution < 1.29 is 14.3 Å². The summed E-state index contributed by atoms with van der Waals surface area (Å²) in [5, 5.41) is 6.08.